The highest BCUT2D eigenvalue weighted by Crippen LogP contribution is 2.41. The number of benzene rings is 2. The molecule has 0 fully saturated rings. The fraction of sp³-hybridized carbons (Fsp3) is 0.200. The number of aryl methyl sites for hydroxylation is 1. The number of rotatable bonds is 1. The lowest BCUT2D eigenvalue weighted by atomic mass is 9.85. The van der Waals surface area contributed by atoms with Crippen molar-refractivity contribution in [2.75, 3.05) is 0 Å². The Bertz CT molecular complexity index is 1590. The summed E-state index contributed by atoms with van der Waals surface area (Å²) in [6, 6.07) is 10.8. The predicted molar refractivity (Wildman–Crippen MR) is 123 cm³/mol. The number of nitrogens with zero attached hydrogens (tertiary/aromatic N) is 2. The molecule has 4 aromatic heterocycles. The van der Waals surface area contributed by atoms with Gasteiger partial charge in [0, 0.05) is 21.0 Å². The van der Waals surface area contributed by atoms with Crippen molar-refractivity contribution in [2.45, 2.75) is 33.1 Å². The molecule has 0 radical (unpaired) electrons. The average Bonchev–Trinajstić information content (AvgIpc) is 3.41. The lowest BCUT2D eigenvalue weighted by molar-refractivity contribution is 0.597. The van der Waals surface area contributed by atoms with E-state index >= 15 is 0 Å². The van der Waals surface area contributed by atoms with Crippen molar-refractivity contribution in [3.63, 3.8) is 0 Å². The van der Waals surface area contributed by atoms with Crippen LogP contribution < -0.4 is 0 Å². The molecule has 0 saturated heterocycles. The SMILES string of the molecule is Cc1coc2cc3c(cc12)oc1ncnc(-c2cc(C(C)(C)C)c4sccc4c2)c13. The lowest BCUT2D eigenvalue weighted by Crippen LogP contribution is -2.11. The van der Waals surface area contributed by atoms with Crippen molar-refractivity contribution in [3.8, 4) is 11.3 Å². The van der Waals surface area contributed by atoms with Gasteiger partial charge in [0.05, 0.1) is 17.3 Å². The summed E-state index contributed by atoms with van der Waals surface area (Å²) in [5.74, 6) is 0. The molecule has 0 aliphatic rings. The Morgan fingerprint density at radius 1 is 0.967 bits per heavy atom. The van der Waals surface area contributed by atoms with Crippen molar-refractivity contribution in [1.82, 2.24) is 9.97 Å². The van der Waals surface area contributed by atoms with Gasteiger partial charge < -0.3 is 8.83 Å². The van der Waals surface area contributed by atoms with E-state index in [4.69, 9.17) is 13.8 Å². The molecule has 0 N–H and O–H groups in total. The number of fused-ring (bicyclic) bond motifs is 5. The highest BCUT2D eigenvalue weighted by molar-refractivity contribution is 7.17. The smallest absolute Gasteiger partial charge is 0.230 e. The van der Waals surface area contributed by atoms with Crippen LogP contribution in [-0.4, -0.2) is 9.97 Å². The Morgan fingerprint density at radius 2 is 1.80 bits per heavy atom. The predicted octanol–water partition coefficient (Wildman–Crippen LogP) is 7.61. The van der Waals surface area contributed by atoms with Crippen LogP contribution in [0.3, 0.4) is 0 Å². The summed E-state index contributed by atoms with van der Waals surface area (Å²) in [5.41, 5.74) is 6.67. The molecule has 4 nitrogen and oxygen atoms in total. The van der Waals surface area contributed by atoms with Gasteiger partial charge in [0.1, 0.15) is 17.5 Å². The molecule has 30 heavy (non-hydrogen) atoms. The molecule has 0 saturated carbocycles. The number of furan rings is 2. The Morgan fingerprint density at radius 3 is 2.63 bits per heavy atom. The molecule has 0 atom stereocenters. The zero-order valence-corrected chi connectivity index (χ0v) is 18.1. The molecule has 0 aliphatic carbocycles. The van der Waals surface area contributed by atoms with Gasteiger partial charge in [-0.05, 0) is 64.6 Å². The van der Waals surface area contributed by atoms with E-state index in [2.05, 4.69) is 49.3 Å². The zero-order chi connectivity index (χ0) is 20.6. The molecule has 0 unspecified atom stereocenters. The molecule has 0 aliphatic heterocycles. The Balaban J connectivity index is 1.71. The van der Waals surface area contributed by atoms with E-state index in [1.54, 1.807) is 23.9 Å². The molecule has 148 valence electrons. The monoisotopic (exact) mass is 412 g/mol. The third-order valence-corrected chi connectivity index (χ3v) is 6.75. The first-order valence-electron chi connectivity index (χ1n) is 9.97. The first kappa shape index (κ1) is 17.7. The quantitative estimate of drug-likeness (QED) is 0.279. The van der Waals surface area contributed by atoms with Crippen LogP contribution >= 0.6 is 11.3 Å². The van der Waals surface area contributed by atoms with Crippen LogP contribution in [-0.2, 0) is 5.41 Å². The van der Waals surface area contributed by atoms with Crippen LogP contribution in [0.25, 0.3) is 54.4 Å². The second-order valence-corrected chi connectivity index (χ2v) is 9.80. The highest BCUT2D eigenvalue weighted by Gasteiger charge is 2.22. The fourth-order valence-electron chi connectivity index (χ4n) is 4.25. The van der Waals surface area contributed by atoms with Crippen LogP contribution in [0.5, 0.6) is 0 Å². The van der Waals surface area contributed by atoms with Gasteiger partial charge >= 0.3 is 0 Å². The first-order chi connectivity index (χ1) is 14.4. The number of hydrogen-bond acceptors (Lipinski definition) is 5. The maximum absolute atomic E-state index is 6.13. The molecule has 4 heterocycles. The van der Waals surface area contributed by atoms with E-state index < -0.39 is 0 Å². The van der Waals surface area contributed by atoms with Crippen LogP contribution in [0.1, 0.15) is 31.9 Å². The van der Waals surface area contributed by atoms with Crippen molar-refractivity contribution in [1.29, 1.82) is 0 Å². The van der Waals surface area contributed by atoms with Crippen molar-refractivity contribution < 1.29 is 8.83 Å². The van der Waals surface area contributed by atoms with Crippen molar-refractivity contribution >= 4 is 54.5 Å². The van der Waals surface area contributed by atoms with E-state index in [0.29, 0.717) is 5.71 Å². The van der Waals surface area contributed by atoms with E-state index in [-0.39, 0.29) is 5.41 Å². The van der Waals surface area contributed by atoms with Crippen LogP contribution in [0, 0.1) is 6.92 Å². The molecule has 6 rings (SSSR count). The van der Waals surface area contributed by atoms with Gasteiger partial charge in [0.25, 0.3) is 0 Å². The highest BCUT2D eigenvalue weighted by atomic mass is 32.1. The summed E-state index contributed by atoms with van der Waals surface area (Å²) in [6.45, 7) is 8.80. The summed E-state index contributed by atoms with van der Waals surface area (Å²) < 4.78 is 13.2. The lowest BCUT2D eigenvalue weighted by Gasteiger charge is -2.21. The van der Waals surface area contributed by atoms with Gasteiger partial charge in [-0.2, -0.15) is 0 Å². The minimum atomic E-state index is 0.0293. The second-order valence-electron chi connectivity index (χ2n) is 8.88. The maximum Gasteiger partial charge on any atom is 0.230 e. The minimum Gasteiger partial charge on any atom is -0.464 e. The third-order valence-electron chi connectivity index (χ3n) is 5.79. The topological polar surface area (TPSA) is 52.1 Å². The number of hydrogen-bond donors (Lipinski definition) is 0. The van der Waals surface area contributed by atoms with E-state index in [9.17, 15) is 0 Å². The van der Waals surface area contributed by atoms with Gasteiger partial charge in [0.2, 0.25) is 5.71 Å². The number of thiophene rings is 1. The molecule has 2 aromatic carbocycles. The van der Waals surface area contributed by atoms with Gasteiger partial charge in [0.15, 0.2) is 0 Å². The Kier molecular flexibility index (Phi) is 3.49. The van der Waals surface area contributed by atoms with Gasteiger partial charge in [-0.3, -0.25) is 0 Å². The van der Waals surface area contributed by atoms with Gasteiger partial charge in [-0.25, -0.2) is 9.97 Å². The maximum atomic E-state index is 6.13. The van der Waals surface area contributed by atoms with Crippen LogP contribution in [0.4, 0.5) is 0 Å². The molecule has 0 amide bonds. The van der Waals surface area contributed by atoms with Crippen molar-refractivity contribution in [3.05, 3.63) is 59.4 Å². The fourth-order valence-corrected chi connectivity index (χ4v) is 5.36. The van der Waals surface area contributed by atoms with Gasteiger partial charge in [-0.1, -0.05) is 20.8 Å². The summed E-state index contributed by atoms with van der Waals surface area (Å²) in [5, 5.41) is 6.36. The molecule has 0 spiro atoms. The van der Waals surface area contributed by atoms with Crippen LogP contribution in [0.2, 0.25) is 0 Å². The average molecular weight is 413 g/mol. The number of aromatic nitrogens is 2. The normalized spacial score (nSPS) is 12.7. The van der Waals surface area contributed by atoms with Crippen molar-refractivity contribution in [2.24, 2.45) is 0 Å². The Labute approximate surface area is 177 Å². The van der Waals surface area contributed by atoms with E-state index in [0.717, 1.165) is 44.1 Å². The van der Waals surface area contributed by atoms with E-state index in [1.807, 2.05) is 19.1 Å². The molecule has 0 bridgehead atoms. The summed E-state index contributed by atoms with van der Waals surface area (Å²) in [4.78, 5) is 9.12. The second kappa shape index (κ2) is 5.92. The van der Waals surface area contributed by atoms with E-state index in [1.165, 1.54) is 15.6 Å². The first-order valence-corrected chi connectivity index (χ1v) is 10.9. The minimum absolute atomic E-state index is 0.0293. The summed E-state index contributed by atoms with van der Waals surface area (Å²) >= 11 is 1.79. The summed E-state index contributed by atoms with van der Waals surface area (Å²) in [6.07, 6.45) is 3.37. The zero-order valence-electron chi connectivity index (χ0n) is 17.2. The van der Waals surface area contributed by atoms with Crippen LogP contribution in [0.15, 0.2) is 57.1 Å². The molecule has 5 heteroatoms. The Hall–Kier alpha value is -3.18. The largest absolute Gasteiger partial charge is 0.464 e. The van der Waals surface area contributed by atoms with Gasteiger partial charge in [-0.15, -0.1) is 11.3 Å². The summed E-state index contributed by atoms with van der Waals surface area (Å²) in [7, 11) is 0. The molecular formula is C25H20N2O2S. The molecule has 6 aromatic rings. The standard InChI is InChI=1S/C25H20N2O2S/c1-13-11-28-19-10-17-20(9-16(13)19)29-24-21(17)22(26-12-27-24)15-7-14-5-6-30-23(14)18(8-15)25(2,3)4/h5-12H,1-4H3. The molecular weight excluding hydrogens is 392 g/mol. The third kappa shape index (κ3) is 2.45.